The molecule has 0 spiro atoms. The Bertz CT molecular complexity index is 1180. The van der Waals surface area contributed by atoms with Crippen molar-refractivity contribution in [2.75, 3.05) is 0 Å². The second-order valence-electron chi connectivity index (χ2n) is 6.32. The highest BCUT2D eigenvalue weighted by Crippen LogP contribution is 2.35. The van der Waals surface area contributed by atoms with E-state index in [9.17, 15) is 20.2 Å². The number of benzene rings is 4. The molecule has 148 valence electrons. The van der Waals surface area contributed by atoms with Crippen LogP contribution in [0.1, 0.15) is 0 Å². The summed E-state index contributed by atoms with van der Waals surface area (Å²) in [7, 11) is 0. The van der Waals surface area contributed by atoms with Crippen LogP contribution in [0, 0.1) is 20.2 Å². The molecule has 4 rings (SSSR count). The standard InChI is InChI=1S/C22H14N2O6/c25-23(26)19-5-1-3-7-21(19)29-17-11-9-15-10-12-18(14-16(15)13-17)30-22-8-4-2-6-20(22)24(27)28/h1-14H. The lowest BCUT2D eigenvalue weighted by atomic mass is 10.1. The van der Waals surface area contributed by atoms with Gasteiger partial charge in [-0.3, -0.25) is 20.2 Å². The zero-order valence-corrected chi connectivity index (χ0v) is 15.4. The predicted molar refractivity (Wildman–Crippen MR) is 110 cm³/mol. The molecule has 8 nitrogen and oxygen atoms in total. The van der Waals surface area contributed by atoms with E-state index >= 15 is 0 Å². The fourth-order valence-electron chi connectivity index (χ4n) is 2.97. The molecule has 0 N–H and O–H groups in total. The molecule has 0 saturated heterocycles. The number of hydrogen-bond donors (Lipinski definition) is 0. The summed E-state index contributed by atoms with van der Waals surface area (Å²) in [4.78, 5) is 21.3. The Balaban J connectivity index is 1.65. The maximum absolute atomic E-state index is 11.2. The van der Waals surface area contributed by atoms with Crippen LogP contribution in [-0.4, -0.2) is 9.85 Å². The monoisotopic (exact) mass is 402 g/mol. The van der Waals surface area contributed by atoms with Gasteiger partial charge in [0.25, 0.3) is 0 Å². The smallest absolute Gasteiger partial charge is 0.311 e. The topological polar surface area (TPSA) is 105 Å². The van der Waals surface area contributed by atoms with Gasteiger partial charge in [0.15, 0.2) is 0 Å². The van der Waals surface area contributed by atoms with Crippen LogP contribution >= 0.6 is 0 Å². The fraction of sp³-hybridized carbons (Fsp3) is 0. The van der Waals surface area contributed by atoms with Gasteiger partial charge in [-0.15, -0.1) is 0 Å². The van der Waals surface area contributed by atoms with E-state index in [0.29, 0.717) is 11.5 Å². The van der Waals surface area contributed by atoms with Gasteiger partial charge in [0.1, 0.15) is 11.5 Å². The van der Waals surface area contributed by atoms with Crippen LogP contribution in [0.4, 0.5) is 11.4 Å². The van der Waals surface area contributed by atoms with Crippen molar-refractivity contribution in [1.29, 1.82) is 0 Å². The molecule has 4 aromatic rings. The predicted octanol–water partition coefficient (Wildman–Crippen LogP) is 6.24. The molecule has 0 aromatic heterocycles. The number of para-hydroxylation sites is 4. The highest BCUT2D eigenvalue weighted by molar-refractivity contribution is 5.85. The first-order valence-electron chi connectivity index (χ1n) is 8.87. The van der Waals surface area contributed by atoms with Crippen LogP contribution in [0.2, 0.25) is 0 Å². The van der Waals surface area contributed by atoms with E-state index in [1.54, 1.807) is 48.5 Å². The number of ether oxygens (including phenoxy) is 2. The average molecular weight is 402 g/mol. The molecular weight excluding hydrogens is 388 g/mol. The summed E-state index contributed by atoms with van der Waals surface area (Å²) in [6, 6.07) is 22.7. The van der Waals surface area contributed by atoms with Gasteiger partial charge in [-0.2, -0.15) is 0 Å². The number of nitrogens with zero attached hydrogens (tertiary/aromatic N) is 2. The molecule has 0 aliphatic rings. The van der Waals surface area contributed by atoms with Crippen LogP contribution in [0.5, 0.6) is 23.0 Å². The molecule has 0 bridgehead atoms. The number of nitro groups is 2. The van der Waals surface area contributed by atoms with Gasteiger partial charge >= 0.3 is 11.4 Å². The van der Waals surface area contributed by atoms with E-state index in [2.05, 4.69) is 0 Å². The lowest BCUT2D eigenvalue weighted by molar-refractivity contribution is -0.385. The number of nitro benzene ring substituents is 2. The summed E-state index contributed by atoms with van der Waals surface area (Å²) >= 11 is 0. The Morgan fingerprint density at radius 1 is 0.567 bits per heavy atom. The van der Waals surface area contributed by atoms with E-state index in [-0.39, 0.29) is 22.9 Å². The largest absolute Gasteiger partial charge is 0.450 e. The van der Waals surface area contributed by atoms with Gasteiger partial charge in [-0.25, -0.2) is 0 Å². The molecule has 0 radical (unpaired) electrons. The van der Waals surface area contributed by atoms with Crippen molar-refractivity contribution in [1.82, 2.24) is 0 Å². The maximum atomic E-state index is 11.2. The molecule has 8 heteroatoms. The first-order valence-corrected chi connectivity index (χ1v) is 8.87. The molecule has 0 saturated carbocycles. The van der Waals surface area contributed by atoms with Gasteiger partial charge in [0.2, 0.25) is 11.5 Å². The quantitative estimate of drug-likeness (QED) is 0.279. The molecule has 0 unspecified atom stereocenters. The van der Waals surface area contributed by atoms with Crippen molar-refractivity contribution in [2.24, 2.45) is 0 Å². The normalized spacial score (nSPS) is 10.5. The molecule has 4 aromatic carbocycles. The summed E-state index contributed by atoms with van der Waals surface area (Å²) in [5.74, 6) is 1.10. The van der Waals surface area contributed by atoms with Crippen LogP contribution < -0.4 is 9.47 Å². The zero-order valence-electron chi connectivity index (χ0n) is 15.4. The van der Waals surface area contributed by atoms with E-state index in [1.165, 1.54) is 24.3 Å². The third-order valence-corrected chi connectivity index (χ3v) is 4.36. The molecule has 0 amide bonds. The van der Waals surface area contributed by atoms with E-state index in [1.807, 2.05) is 12.1 Å². The SMILES string of the molecule is O=[N+]([O-])c1ccccc1Oc1ccc2ccc(Oc3ccccc3[N+](=O)[O-])cc2c1. The van der Waals surface area contributed by atoms with Gasteiger partial charge in [-0.05, 0) is 47.2 Å². The van der Waals surface area contributed by atoms with Crippen LogP contribution in [0.3, 0.4) is 0 Å². The Morgan fingerprint density at radius 2 is 1.00 bits per heavy atom. The molecule has 0 aliphatic carbocycles. The molecule has 30 heavy (non-hydrogen) atoms. The highest BCUT2D eigenvalue weighted by Gasteiger charge is 2.16. The van der Waals surface area contributed by atoms with E-state index in [4.69, 9.17) is 9.47 Å². The van der Waals surface area contributed by atoms with Gasteiger partial charge in [0, 0.05) is 12.1 Å². The first kappa shape index (κ1) is 18.9. The zero-order chi connectivity index (χ0) is 21.1. The van der Waals surface area contributed by atoms with Crippen molar-refractivity contribution in [3.63, 3.8) is 0 Å². The third-order valence-electron chi connectivity index (χ3n) is 4.36. The second-order valence-corrected chi connectivity index (χ2v) is 6.32. The number of rotatable bonds is 6. The van der Waals surface area contributed by atoms with Crippen molar-refractivity contribution < 1.29 is 19.3 Å². The van der Waals surface area contributed by atoms with Crippen LogP contribution in [0.25, 0.3) is 10.8 Å². The van der Waals surface area contributed by atoms with E-state index in [0.717, 1.165) is 10.8 Å². The number of fused-ring (bicyclic) bond motifs is 1. The minimum Gasteiger partial charge on any atom is -0.450 e. The van der Waals surface area contributed by atoms with Gasteiger partial charge in [-0.1, -0.05) is 36.4 Å². The number of hydrogen-bond acceptors (Lipinski definition) is 6. The van der Waals surface area contributed by atoms with Crippen molar-refractivity contribution in [3.8, 4) is 23.0 Å². The summed E-state index contributed by atoms with van der Waals surface area (Å²) < 4.78 is 11.4. The van der Waals surface area contributed by atoms with Crippen LogP contribution in [0.15, 0.2) is 84.9 Å². The van der Waals surface area contributed by atoms with Crippen LogP contribution in [-0.2, 0) is 0 Å². The molecule has 0 aliphatic heterocycles. The minimum absolute atomic E-state index is 0.133. The van der Waals surface area contributed by atoms with Gasteiger partial charge < -0.3 is 9.47 Å². The lowest BCUT2D eigenvalue weighted by Crippen LogP contribution is -1.93. The first-order chi connectivity index (χ1) is 14.5. The van der Waals surface area contributed by atoms with Crippen molar-refractivity contribution in [2.45, 2.75) is 0 Å². The Hall–Kier alpha value is -4.46. The summed E-state index contributed by atoms with van der Waals surface area (Å²) in [6.07, 6.45) is 0. The van der Waals surface area contributed by atoms with E-state index < -0.39 is 9.85 Å². The Morgan fingerprint density at radius 3 is 1.43 bits per heavy atom. The van der Waals surface area contributed by atoms with Gasteiger partial charge in [0.05, 0.1) is 9.85 Å². The summed E-state index contributed by atoms with van der Waals surface area (Å²) in [5, 5.41) is 24.0. The van der Waals surface area contributed by atoms with Crippen molar-refractivity contribution in [3.05, 3.63) is 105 Å². The average Bonchev–Trinajstić information content (AvgIpc) is 2.74. The fourth-order valence-corrected chi connectivity index (χ4v) is 2.97. The Labute approximate surface area is 170 Å². The lowest BCUT2D eigenvalue weighted by Gasteiger charge is -2.09. The third kappa shape index (κ3) is 3.88. The molecular formula is C22H14N2O6. The molecule has 0 heterocycles. The van der Waals surface area contributed by atoms with Crippen molar-refractivity contribution >= 4 is 22.1 Å². The second kappa shape index (κ2) is 7.88. The summed E-state index contributed by atoms with van der Waals surface area (Å²) in [5.41, 5.74) is -0.267. The summed E-state index contributed by atoms with van der Waals surface area (Å²) in [6.45, 7) is 0. The molecule has 0 atom stereocenters. The minimum atomic E-state index is -0.505. The maximum Gasteiger partial charge on any atom is 0.311 e. The molecule has 0 fully saturated rings. The Kier molecular flexibility index (Phi) is 4.96. The highest BCUT2D eigenvalue weighted by atomic mass is 16.6.